The Morgan fingerprint density at radius 3 is 3.07 bits per heavy atom. The lowest BCUT2D eigenvalue weighted by molar-refractivity contribution is -0.124. The first kappa shape index (κ1) is 9.54. The molecular formula is C11H16N2O. The van der Waals surface area contributed by atoms with E-state index in [2.05, 4.69) is 17.2 Å². The van der Waals surface area contributed by atoms with Gasteiger partial charge in [-0.25, -0.2) is 0 Å². The first-order chi connectivity index (χ1) is 6.81. The molecule has 14 heavy (non-hydrogen) atoms. The largest absolute Gasteiger partial charge is 0.330 e. The summed E-state index contributed by atoms with van der Waals surface area (Å²) >= 11 is 0. The van der Waals surface area contributed by atoms with Gasteiger partial charge in [0, 0.05) is 19.1 Å². The Bertz CT molecular complexity index is 275. The summed E-state index contributed by atoms with van der Waals surface area (Å²) < 4.78 is 0. The van der Waals surface area contributed by atoms with Crippen LogP contribution in [0.1, 0.15) is 19.8 Å². The van der Waals surface area contributed by atoms with Crippen LogP contribution in [0.15, 0.2) is 0 Å². The molecule has 0 aromatic carbocycles. The van der Waals surface area contributed by atoms with Gasteiger partial charge in [-0.15, -0.1) is 0 Å². The maximum atomic E-state index is 11.5. The second kappa shape index (κ2) is 4.02. The van der Waals surface area contributed by atoms with Crippen LogP contribution < -0.4 is 5.32 Å². The van der Waals surface area contributed by atoms with Crippen LogP contribution in [0.3, 0.4) is 0 Å². The van der Waals surface area contributed by atoms with Gasteiger partial charge in [-0.3, -0.25) is 4.79 Å². The molecule has 2 aliphatic heterocycles. The molecule has 0 aromatic rings. The molecule has 1 N–H and O–H groups in total. The fourth-order valence-corrected chi connectivity index (χ4v) is 2.40. The number of likely N-dealkylation sites (tertiary alicyclic amines) is 1. The number of amides is 1. The van der Waals surface area contributed by atoms with Crippen LogP contribution in [-0.4, -0.2) is 36.5 Å². The predicted molar refractivity (Wildman–Crippen MR) is 54.5 cm³/mol. The van der Waals surface area contributed by atoms with Crippen LogP contribution in [0.4, 0.5) is 0 Å². The van der Waals surface area contributed by atoms with E-state index in [1.807, 2.05) is 4.90 Å². The number of piperidine rings is 1. The van der Waals surface area contributed by atoms with Crippen molar-refractivity contribution < 1.29 is 4.79 Å². The fraction of sp³-hybridized carbons (Fsp3) is 0.727. The molecule has 3 heteroatoms. The molecule has 2 heterocycles. The zero-order chi connectivity index (χ0) is 9.97. The van der Waals surface area contributed by atoms with E-state index in [0.717, 1.165) is 19.6 Å². The van der Waals surface area contributed by atoms with Crippen molar-refractivity contribution in [2.24, 2.45) is 5.92 Å². The molecule has 2 saturated heterocycles. The van der Waals surface area contributed by atoms with Crippen molar-refractivity contribution in [3.63, 3.8) is 0 Å². The molecule has 0 unspecified atom stereocenters. The van der Waals surface area contributed by atoms with Gasteiger partial charge in [0.1, 0.15) is 0 Å². The quantitative estimate of drug-likeness (QED) is 0.557. The Kier molecular flexibility index (Phi) is 2.74. The minimum Gasteiger partial charge on any atom is -0.330 e. The number of rotatable bonds is 0. The van der Waals surface area contributed by atoms with E-state index in [9.17, 15) is 4.79 Å². The Balaban J connectivity index is 1.97. The highest BCUT2D eigenvalue weighted by atomic mass is 16.2. The zero-order valence-corrected chi connectivity index (χ0v) is 8.55. The highest BCUT2D eigenvalue weighted by Crippen LogP contribution is 2.24. The number of nitrogens with zero attached hydrogens (tertiary/aromatic N) is 1. The smallest absolute Gasteiger partial charge is 0.298 e. The van der Waals surface area contributed by atoms with E-state index in [4.69, 9.17) is 0 Å². The SMILES string of the molecule is CC#CC(=O)N1C[C@@H]2CCCN[C@@H]2C1. The van der Waals surface area contributed by atoms with Crippen LogP contribution in [0.25, 0.3) is 0 Å². The summed E-state index contributed by atoms with van der Waals surface area (Å²) in [6.07, 6.45) is 2.49. The van der Waals surface area contributed by atoms with Gasteiger partial charge in [-0.05, 0) is 38.1 Å². The van der Waals surface area contributed by atoms with Gasteiger partial charge in [0.05, 0.1) is 0 Å². The molecular weight excluding hydrogens is 176 g/mol. The second-order valence-electron chi connectivity index (χ2n) is 4.05. The van der Waals surface area contributed by atoms with Crippen LogP contribution in [0.2, 0.25) is 0 Å². The minimum absolute atomic E-state index is 0.0105. The van der Waals surface area contributed by atoms with Gasteiger partial charge >= 0.3 is 0 Å². The molecule has 76 valence electrons. The molecule has 0 aromatic heterocycles. The third-order valence-electron chi connectivity index (χ3n) is 3.12. The third kappa shape index (κ3) is 1.76. The average molecular weight is 192 g/mol. The Hall–Kier alpha value is -1.01. The Labute approximate surface area is 84.8 Å². The number of fused-ring (bicyclic) bond motifs is 1. The number of hydrogen-bond acceptors (Lipinski definition) is 2. The molecule has 0 radical (unpaired) electrons. The Morgan fingerprint density at radius 1 is 1.50 bits per heavy atom. The van der Waals surface area contributed by atoms with E-state index in [0.29, 0.717) is 12.0 Å². The third-order valence-corrected chi connectivity index (χ3v) is 3.12. The van der Waals surface area contributed by atoms with E-state index in [1.165, 1.54) is 12.8 Å². The Morgan fingerprint density at radius 2 is 2.36 bits per heavy atom. The van der Waals surface area contributed by atoms with E-state index < -0.39 is 0 Å². The summed E-state index contributed by atoms with van der Waals surface area (Å²) in [5.41, 5.74) is 0. The van der Waals surface area contributed by atoms with E-state index in [-0.39, 0.29) is 5.91 Å². The first-order valence-corrected chi connectivity index (χ1v) is 5.26. The monoisotopic (exact) mass is 192 g/mol. The topological polar surface area (TPSA) is 32.3 Å². The van der Waals surface area contributed by atoms with Crippen LogP contribution >= 0.6 is 0 Å². The molecule has 0 saturated carbocycles. The lowest BCUT2D eigenvalue weighted by atomic mass is 9.94. The average Bonchev–Trinajstić information content (AvgIpc) is 2.61. The molecule has 0 spiro atoms. The summed E-state index contributed by atoms with van der Waals surface area (Å²) in [4.78, 5) is 13.4. The molecule has 3 nitrogen and oxygen atoms in total. The molecule has 2 fully saturated rings. The van der Waals surface area contributed by atoms with Gasteiger partial charge in [-0.1, -0.05) is 5.92 Å². The van der Waals surface area contributed by atoms with Gasteiger partial charge < -0.3 is 10.2 Å². The van der Waals surface area contributed by atoms with Gasteiger partial charge in [0.2, 0.25) is 0 Å². The van der Waals surface area contributed by atoms with Crippen molar-refractivity contribution in [3.05, 3.63) is 0 Å². The van der Waals surface area contributed by atoms with Crippen molar-refractivity contribution in [2.75, 3.05) is 19.6 Å². The van der Waals surface area contributed by atoms with E-state index in [1.54, 1.807) is 6.92 Å². The highest BCUT2D eigenvalue weighted by molar-refractivity contribution is 5.93. The van der Waals surface area contributed by atoms with Gasteiger partial charge in [-0.2, -0.15) is 0 Å². The summed E-state index contributed by atoms with van der Waals surface area (Å²) in [5, 5.41) is 3.47. The second-order valence-corrected chi connectivity index (χ2v) is 4.05. The molecule has 2 aliphatic rings. The minimum atomic E-state index is -0.0105. The predicted octanol–water partition coefficient (Wildman–Crippen LogP) is 0.220. The standard InChI is InChI=1S/C11H16N2O/c1-2-4-11(14)13-7-9-5-3-6-12-10(9)8-13/h9-10,12H,3,5-8H2,1H3/t9-,10+/m0/s1. The van der Waals surface area contributed by atoms with Crippen molar-refractivity contribution in [3.8, 4) is 11.8 Å². The summed E-state index contributed by atoms with van der Waals surface area (Å²) in [6, 6.07) is 0.520. The first-order valence-electron chi connectivity index (χ1n) is 5.26. The normalized spacial score (nSPS) is 30.5. The number of carbonyl (C=O) groups is 1. The number of hydrogen-bond donors (Lipinski definition) is 1. The van der Waals surface area contributed by atoms with Crippen molar-refractivity contribution >= 4 is 5.91 Å². The van der Waals surface area contributed by atoms with Crippen LogP contribution in [-0.2, 0) is 4.79 Å². The number of nitrogens with one attached hydrogen (secondary N) is 1. The highest BCUT2D eigenvalue weighted by Gasteiger charge is 2.35. The molecule has 0 bridgehead atoms. The molecule has 0 aliphatic carbocycles. The van der Waals surface area contributed by atoms with Crippen molar-refractivity contribution in [2.45, 2.75) is 25.8 Å². The molecule has 2 atom stereocenters. The summed E-state index contributed by atoms with van der Waals surface area (Å²) in [5.74, 6) is 5.92. The van der Waals surface area contributed by atoms with Crippen LogP contribution in [0, 0.1) is 17.8 Å². The summed E-state index contributed by atoms with van der Waals surface area (Å²) in [7, 11) is 0. The fourth-order valence-electron chi connectivity index (χ4n) is 2.40. The number of carbonyl (C=O) groups excluding carboxylic acids is 1. The molecule has 2 rings (SSSR count). The van der Waals surface area contributed by atoms with Gasteiger partial charge in [0.15, 0.2) is 0 Å². The van der Waals surface area contributed by atoms with Crippen molar-refractivity contribution in [1.82, 2.24) is 10.2 Å². The lowest BCUT2D eigenvalue weighted by Crippen LogP contribution is -2.40. The van der Waals surface area contributed by atoms with Gasteiger partial charge in [0.25, 0.3) is 5.91 Å². The van der Waals surface area contributed by atoms with Crippen LogP contribution in [0.5, 0.6) is 0 Å². The molecule has 1 amide bonds. The zero-order valence-electron chi connectivity index (χ0n) is 8.55. The van der Waals surface area contributed by atoms with Crippen molar-refractivity contribution in [1.29, 1.82) is 0 Å². The lowest BCUT2D eigenvalue weighted by Gasteiger charge is -2.24. The van der Waals surface area contributed by atoms with E-state index >= 15 is 0 Å². The maximum absolute atomic E-state index is 11.5. The maximum Gasteiger partial charge on any atom is 0.298 e. The summed E-state index contributed by atoms with van der Waals surface area (Å²) in [6.45, 7) is 4.55.